The third-order valence-corrected chi connectivity index (χ3v) is 2.67. The molecule has 1 atom stereocenters. The van der Waals surface area contributed by atoms with E-state index in [4.69, 9.17) is 9.47 Å². The van der Waals surface area contributed by atoms with E-state index in [1.54, 1.807) is 13.2 Å². The SMILES string of the molecule is COc1cc(C)nc(NC2(C)CCOC2)n1. The zero-order valence-corrected chi connectivity index (χ0v) is 9.91. The van der Waals surface area contributed by atoms with Crippen LogP contribution in [-0.4, -0.2) is 35.8 Å². The van der Waals surface area contributed by atoms with E-state index in [0.29, 0.717) is 18.4 Å². The van der Waals surface area contributed by atoms with E-state index in [0.717, 1.165) is 18.7 Å². The van der Waals surface area contributed by atoms with Crippen LogP contribution in [-0.2, 0) is 4.74 Å². The summed E-state index contributed by atoms with van der Waals surface area (Å²) in [6.45, 7) is 5.50. The molecular weight excluding hydrogens is 206 g/mol. The van der Waals surface area contributed by atoms with Crippen molar-refractivity contribution in [1.29, 1.82) is 0 Å². The quantitative estimate of drug-likeness (QED) is 0.839. The van der Waals surface area contributed by atoms with Crippen molar-refractivity contribution < 1.29 is 9.47 Å². The molecular formula is C11H17N3O2. The van der Waals surface area contributed by atoms with Crippen molar-refractivity contribution in [3.8, 4) is 5.88 Å². The molecule has 0 bridgehead atoms. The lowest BCUT2D eigenvalue weighted by Gasteiger charge is -2.23. The maximum absolute atomic E-state index is 5.37. The number of rotatable bonds is 3. The highest BCUT2D eigenvalue weighted by Crippen LogP contribution is 2.23. The van der Waals surface area contributed by atoms with Gasteiger partial charge in [-0.1, -0.05) is 0 Å². The largest absolute Gasteiger partial charge is 0.481 e. The molecule has 16 heavy (non-hydrogen) atoms. The molecule has 1 aromatic rings. The molecule has 0 amide bonds. The number of ether oxygens (including phenoxy) is 2. The van der Waals surface area contributed by atoms with Crippen molar-refractivity contribution >= 4 is 5.95 Å². The van der Waals surface area contributed by atoms with Crippen molar-refractivity contribution in [2.45, 2.75) is 25.8 Å². The maximum atomic E-state index is 5.37. The Balaban J connectivity index is 2.17. The zero-order valence-electron chi connectivity index (χ0n) is 9.91. The zero-order chi connectivity index (χ0) is 11.6. The smallest absolute Gasteiger partial charge is 0.226 e. The summed E-state index contributed by atoms with van der Waals surface area (Å²) in [6, 6.07) is 1.80. The minimum Gasteiger partial charge on any atom is -0.481 e. The molecule has 2 heterocycles. The molecule has 1 N–H and O–H groups in total. The van der Waals surface area contributed by atoms with Crippen LogP contribution in [0.2, 0.25) is 0 Å². The minimum atomic E-state index is -0.0706. The standard InChI is InChI=1S/C11H17N3O2/c1-8-6-9(15-3)13-10(12-8)14-11(2)4-5-16-7-11/h6H,4-5,7H2,1-3H3,(H,12,13,14). The summed E-state index contributed by atoms with van der Waals surface area (Å²) in [6.07, 6.45) is 0.965. The van der Waals surface area contributed by atoms with Crippen LogP contribution in [0.15, 0.2) is 6.07 Å². The molecule has 0 aliphatic carbocycles. The van der Waals surface area contributed by atoms with Crippen molar-refractivity contribution in [1.82, 2.24) is 9.97 Å². The van der Waals surface area contributed by atoms with Crippen molar-refractivity contribution in [3.05, 3.63) is 11.8 Å². The third kappa shape index (κ3) is 2.41. The average Bonchev–Trinajstić information content (AvgIpc) is 2.63. The lowest BCUT2D eigenvalue weighted by atomic mass is 10.0. The summed E-state index contributed by atoms with van der Waals surface area (Å²) in [7, 11) is 1.60. The average molecular weight is 223 g/mol. The van der Waals surface area contributed by atoms with E-state index >= 15 is 0 Å². The first-order valence-electron chi connectivity index (χ1n) is 5.37. The van der Waals surface area contributed by atoms with Crippen LogP contribution in [0.3, 0.4) is 0 Å². The second-order valence-electron chi connectivity index (χ2n) is 4.36. The molecule has 0 aromatic carbocycles. The Labute approximate surface area is 95.2 Å². The molecule has 5 heteroatoms. The van der Waals surface area contributed by atoms with Crippen molar-refractivity contribution in [2.24, 2.45) is 0 Å². The van der Waals surface area contributed by atoms with Crippen LogP contribution < -0.4 is 10.1 Å². The van der Waals surface area contributed by atoms with Gasteiger partial charge in [-0.25, -0.2) is 4.98 Å². The maximum Gasteiger partial charge on any atom is 0.226 e. The first-order valence-corrected chi connectivity index (χ1v) is 5.37. The van der Waals surface area contributed by atoms with Gasteiger partial charge in [0.1, 0.15) is 0 Å². The molecule has 1 aliphatic heterocycles. The number of aryl methyl sites for hydroxylation is 1. The molecule has 88 valence electrons. The van der Waals surface area contributed by atoms with Crippen LogP contribution >= 0.6 is 0 Å². The lowest BCUT2D eigenvalue weighted by Crippen LogP contribution is -2.35. The predicted molar refractivity (Wildman–Crippen MR) is 60.8 cm³/mol. The van der Waals surface area contributed by atoms with Gasteiger partial charge in [-0.3, -0.25) is 0 Å². The topological polar surface area (TPSA) is 56.3 Å². The third-order valence-electron chi connectivity index (χ3n) is 2.67. The summed E-state index contributed by atoms with van der Waals surface area (Å²) in [4.78, 5) is 8.59. The van der Waals surface area contributed by atoms with E-state index in [-0.39, 0.29) is 5.54 Å². The Hall–Kier alpha value is -1.36. The number of hydrogen-bond acceptors (Lipinski definition) is 5. The van der Waals surface area contributed by atoms with Gasteiger partial charge in [-0.15, -0.1) is 0 Å². The highest BCUT2D eigenvalue weighted by atomic mass is 16.5. The number of nitrogens with zero attached hydrogens (tertiary/aromatic N) is 2. The monoisotopic (exact) mass is 223 g/mol. The number of nitrogens with one attached hydrogen (secondary N) is 1. The second-order valence-corrected chi connectivity index (χ2v) is 4.36. The first kappa shape index (κ1) is 11.1. The van der Waals surface area contributed by atoms with Gasteiger partial charge >= 0.3 is 0 Å². The summed E-state index contributed by atoms with van der Waals surface area (Å²) in [5, 5.41) is 3.31. The van der Waals surface area contributed by atoms with Crippen LogP contribution in [0, 0.1) is 6.92 Å². The fraction of sp³-hybridized carbons (Fsp3) is 0.636. The number of hydrogen-bond donors (Lipinski definition) is 1. The Bertz CT molecular complexity index is 375. The second kappa shape index (κ2) is 4.25. The van der Waals surface area contributed by atoms with E-state index in [9.17, 15) is 0 Å². The molecule has 1 unspecified atom stereocenters. The van der Waals surface area contributed by atoms with E-state index in [1.165, 1.54) is 0 Å². The Kier molecular flexibility index (Phi) is 2.96. The van der Waals surface area contributed by atoms with Crippen LogP contribution in [0.5, 0.6) is 5.88 Å². The molecule has 0 saturated carbocycles. The summed E-state index contributed by atoms with van der Waals surface area (Å²) >= 11 is 0. The number of aromatic nitrogens is 2. The molecule has 5 nitrogen and oxygen atoms in total. The van der Waals surface area contributed by atoms with E-state index in [1.807, 2.05) is 6.92 Å². The van der Waals surface area contributed by atoms with Crippen LogP contribution in [0.25, 0.3) is 0 Å². The van der Waals surface area contributed by atoms with Crippen LogP contribution in [0.1, 0.15) is 19.0 Å². The number of methoxy groups -OCH3 is 1. The first-order chi connectivity index (χ1) is 7.61. The van der Waals surface area contributed by atoms with Gasteiger partial charge in [0.25, 0.3) is 0 Å². The molecule has 1 aromatic heterocycles. The molecule has 0 spiro atoms. The lowest BCUT2D eigenvalue weighted by molar-refractivity contribution is 0.185. The van der Waals surface area contributed by atoms with Gasteiger partial charge in [0.15, 0.2) is 0 Å². The van der Waals surface area contributed by atoms with E-state index < -0.39 is 0 Å². The van der Waals surface area contributed by atoms with Gasteiger partial charge in [0.2, 0.25) is 11.8 Å². The van der Waals surface area contributed by atoms with Crippen LogP contribution in [0.4, 0.5) is 5.95 Å². The van der Waals surface area contributed by atoms with Gasteiger partial charge in [0.05, 0.1) is 19.3 Å². The van der Waals surface area contributed by atoms with Crippen molar-refractivity contribution in [3.63, 3.8) is 0 Å². The van der Waals surface area contributed by atoms with Gasteiger partial charge in [-0.2, -0.15) is 4.98 Å². The molecule has 1 saturated heterocycles. The summed E-state index contributed by atoms with van der Waals surface area (Å²) in [5.74, 6) is 1.18. The Morgan fingerprint density at radius 3 is 2.94 bits per heavy atom. The number of anilines is 1. The molecule has 0 radical (unpaired) electrons. The highest BCUT2D eigenvalue weighted by molar-refractivity contribution is 5.34. The molecule has 1 fully saturated rings. The summed E-state index contributed by atoms with van der Waals surface area (Å²) in [5.41, 5.74) is 0.815. The molecule has 2 rings (SSSR count). The Morgan fingerprint density at radius 1 is 1.50 bits per heavy atom. The van der Waals surface area contributed by atoms with Gasteiger partial charge < -0.3 is 14.8 Å². The highest BCUT2D eigenvalue weighted by Gasteiger charge is 2.30. The van der Waals surface area contributed by atoms with Crippen molar-refractivity contribution in [2.75, 3.05) is 25.6 Å². The normalized spacial score (nSPS) is 24.4. The van der Waals surface area contributed by atoms with Gasteiger partial charge in [-0.05, 0) is 20.3 Å². The minimum absolute atomic E-state index is 0.0706. The fourth-order valence-electron chi connectivity index (χ4n) is 1.74. The van der Waals surface area contributed by atoms with E-state index in [2.05, 4.69) is 22.2 Å². The Morgan fingerprint density at radius 2 is 2.31 bits per heavy atom. The predicted octanol–water partition coefficient (Wildman–Crippen LogP) is 1.38. The van der Waals surface area contributed by atoms with Gasteiger partial charge in [0, 0.05) is 18.4 Å². The molecule has 1 aliphatic rings. The fourth-order valence-corrected chi connectivity index (χ4v) is 1.74. The summed E-state index contributed by atoms with van der Waals surface area (Å²) < 4.78 is 10.5.